The maximum absolute atomic E-state index is 4.59. The number of aryl methyl sites for hydroxylation is 4. The molecule has 0 fully saturated rings. The Morgan fingerprint density at radius 1 is 1.05 bits per heavy atom. The van der Waals surface area contributed by atoms with E-state index in [2.05, 4.69) is 34.1 Å². The van der Waals surface area contributed by atoms with E-state index in [1.165, 1.54) is 29.0 Å². The minimum Gasteiger partial charge on any atom is -0.364 e. The summed E-state index contributed by atoms with van der Waals surface area (Å²) in [7, 11) is 0. The third-order valence-corrected chi connectivity index (χ3v) is 4.65. The van der Waals surface area contributed by atoms with Crippen molar-refractivity contribution in [1.29, 1.82) is 0 Å². The molecule has 0 radical (unpaired) electrons. The van der Waals surface area contributed by atoms with Gasteiger partial charge in [-0.05, 0) is 46.5 Å². The molecule has 4 nitrogen and oxygen atoms in total. The Morgan fingerprint density at radius 2 is 1.85 bits per heavy atom. The molecule has 2 aromatic rings. The van der Waals surface area contributed by atoms with E-state index >= 15 is 0 Å². The average Bonchev–Trinajstić information content (AvgIpc) is 2.74. The molecule has 3 rings (SSSR count). The molecule has 1 aliphatic carbocycles. The molecular formula is C15H20N4S. The molecule has 5 heteroatoms. The van der Waals surface area contributed by atoms with Crippen LogP contribution in [0.3, 0.4) is 0 Å². The second kappa shape index (κ2) is 5.48. The highest BCUT2D eigenvalue weighted by Gasteiger charge is 2.17. The lowest BCUT2D eigenvalue weighted by Gasteiger charge is -2.19. The smallest absolute Gasteiger partial charge is 0.133 e. The molecule has 0 aromatic carbocycles. The molecule has 1 aliphatic rings. The Kier molecular flexibility index (Phi) is 3.70. The predicted molar refractivity (Wildman–Crippen MR) is 82.3 cm³/mol. The first-order chi connectivity index (χ1) is 9.63. The molecule has 2 heterocycles. The van der Waals surface area contributed by atoms with E-state index in [0.717, 1.165) is 41.7 Å². The molecule has 0 saturated carbocycles. The van der Waals surface area contributed by atoms with Crippen molar-refractivity contribution in [3.8, 4) is 0 Å². The van der Waals surface area contributed by atoms with Gasteiger partial charge < -0.3 is 5.32 Å². The van der Waals surface area contributed by atoms with Gasteiger partial charge in [-0.3, -0.25) is 0 Å². The van der Waals surface area contributed by atoms with Crippen LogP contribution in [0.4, 0.5) is 5.82 Å². The number of nitrogens with one attached hydrogen (secondary N) is 1. The molecule has 0 atom stereocenters. The Morgan fingerprint density at radius 3 is 2.60 bits per heavy atom. The zero-order valence-corrected chi connectivity index (χ0v) is 13.1. The van der Waals surface area contributed by atoms with Crippen LogP contribution in [0.2, 0.25) is 0 Å². The molecule has 0 aliphatic heterocycles. The van der Waals surface area contributed by atoms with Gasteiger partial charge in [-0.15, -0.1) is 11.3 Å². The Hall–Kier alpha value is -1.49. The summed E-state index contributed by atoms with van der Waals surface area (Å²) in [5, 5.41) is 4.60. The van der Waals surface area contributed by atoms with E-state index in [4.69, 9.17) is 0 Å². The number of fused-ring (bicyclic) bond motifs is 1. The summed E-state index contributed by atoms with van der Waals surface area (Å²) in [5.41, 5.74) is 3.68. The first-order valence-electron chi connectivity index (χ1n) is 7.16. The van der Waals surface area contributed by atoms with Crippen LogP contribution in [-0.4, -0.2) is 15.0 Å². The summed E-state index contributed by atoms with van der Waals surface area (Å²) in [6.07, 6.45) is 4.66. The number of nitrogens with zero attached hydrogens (tertiary/aromatic N) is 3. The maximum Gasteiger partial charge on any atom is 0.133 e. The minimum atomic E-state index is 0.749. The molecule has 0 saturated heterocycles. The molecule has 2 aromatic heterocycles. The third-order valence-electron chi connectivity index (χ3n) is 3.72. The zero-order chi connectivity index (χ0) is 14.1. The van der Waals surface area contributed by atoms with Gasteiger partial charge in [0.25, 0.3) is 0 Å². The topological polar surface area (TPSA) is 50.7 Å². The molecule has 20 heavy (non-hydrogen) atoms. The SMILES string of the molecule is Cc1nc2c(c(NCc3nc(C)sc3C)n1)CCCC2. The molecule has 0 amide bonds. The van der Waals surface area contributed by atoms with Gasteiger partial charge in [-0.2, -0.15) is 0 Å². The van der Waals surface area contributed by atoms with Gasteiger partial charge in [0.1, 0.15) is 11.6 Å². The Bertz CT molecular complexity index is 633. The van der Waals surface area contributed by atoms with Crippen molar-refractivity contribution in [1.82, 2.24) is 15.0 Å². The molecule has 106 valence electrons. The molecule has 1 N–H and O–H groups in total. The van der Waals surface area contributed by atoms with E-state index in [0.29, 0.717) is 0 Å². The molecular weight excluding hydrogens is 268 g/mol. The fourth-order valence-electron chi connectivity index (χ4n) is 2.77. The van der Waals surface area contributed by atoms with E-state index in [-0.39, 0.29) is 0 Å². The number of thiazole rings is 1. The predicted octanol–water partition coefficient (Wildman–Crippen LogP) is 3.35. The van der Waals surface area contributed by atoms with Gasteiger partial charge in [0.2, 0.25) is 0 Å². The number of hydrogen-bond donors (Lipinski definition) is 1. The Labute approximate surface area is 123 Å². The summed E-state index contributed by atoms with van der Waals surface area (Å²) >= 11 is 1.75. The molecule has 0 unspecified atom stereocenters. The summed E-state index contributed by atoms with van der Waals surface area (Å²) in [6, 6.07) is 0. The van der Waals surface area contributed by atoms with Crippen molar-refractivity contribution >= 4 is 17.2 Å². The Balaban J connectivity index is 1.83. The lowest BCUT2D eigenvalue weighted by molar-refractivity contribution is 0.659. The van der Waals surface area contributed by atoms with Crippen LogP contribution in [0.5, 0.6) is 0 Å². The standard InChI is InChI=1S/C15H20N4S/c1-9-14(19-11(3)20-9)8-16-15-12-6-4-5-7-13(12)17-10(2)18-15/h4-8H2,1-3H3,(H,16,17,18). The van der Waals surface area contributed by atoms with E-state index in [1.54, 1.807) is 11.3 Å². The van der Waals surface area contributed by atoms with Gasteiger partial charge in [-0.25, -0.2) is 15.0 Å². The normalized spacial score (nSPS) is 14.2. The highest BCUT2D eigenvalue weighted by molar-refractivity contribution is 7.11. The first-order valence-corrected chi connectivity index (χ1v) is 7.98. The number of aromatic nitrogens is 3. The minimum absolute atomic E-state index is 0.749. The van der Waals surface area contributed by atoms with Crippen LogP contribution >= 0.6 is 11.3 Å². The van der Waals surface area contributed by atoms with Crippen LogP contribution in [0.15, 0.2) is 0 Å². The van der Waals surface area contributed by atoms with Gasteiger partial charge in [0.15, 0.2) is 0 Å². The fraction of sp³-hybridized carbons (Fsp3) is 0.533. The number of hydrogen-bond acceptors (Lipinski definition) is 5. The van der Waals surface area contributed by atoms with Gasteiger partial charge in [-0.1, -0.05) is 0 Å². The largest absolute Gasteiger partial charge is 0.364 e. The lowest BCUT2D eigenvalue weighted by Crippen LogP contribution is -2.14. The quantitative estimate of drug-likeness (QED) is 0.941. The highest BCUT2D eigenvalue weighted by Crippen LogP contribution is 2.26. The van der Waals surface area contributed by atoms with Crippen molar-refractivity contribution in [2.45, 2.75) is 53.0 Å². The summed E-state index contributed by atoms with van der Waals surface area (Å²) in [5.74, 6) is 1.87. The van der Waals surface area contributed by atoms with Crippen molar-refractivity contribution < 1.29 is 0 Å². The fourth-order valence-corrected chi connectivity index (χ4v) is 3.60. The lowest BCUT2D eigenvalue weighted by atomic mass is 9.96. The van der Waals surface area contributed by atoms with Gasteiger partial charge >= 0.3 is 0 Å². The second-order valence-electron chi connectivity index (χ2n) is 5.34. The summed E-state index contributed by atoms with van der Waals surface area (Å²) in [4.78, 5) is 15.0. The summed E-state index contributed by atoms with van der Waals surface area (Å²) in [6.45, 7) is 6.90. The number of rotatable bonds is 3. The van der Waals surface area contributed by atoms with Gasteiger partial charge in [0.05, 0.1) is 17.2 Å². The summed E-state index contributed by atoms with van der Waals surface area (Å²) < 4.78 is 0. The van der Waals surface area contributed by atoms with E-state index in [9.17, 15) is 0 Å². The molecule has 0 bridgehead atoms. The third kappa shape index (κ3) is 2.68. The second-order valence-corrected chi connectivity index (χ2v) is 6.75. The first kappa shape index (κ1) is 13.5. The van der Waals surface area contributed by atoms with E-state index in [1.807, 2.05) is 6.92 Å². The van der Waals surface area contributed by atoms with Crippen molar-refractivity contribution in [3.05, 3.63) is 32.7 Å². The van der Waals surface area contributed by atoms with Crippen LogP contribution < -0.4 is 5.32 Å². The molecule has 0 spiro atoms. The van der Waals surface area contributed by atoms with Crippen molar-refractivity contribution in [3.63, 3.8) is 0 Å². The maximum atomic E-state index is 4.59. The van der Waals surface area contributed by atoms with E-state index < -0.39 is 0 Å². The average molecular weight is 288 g/mol. The van der Waals surface area contributed by atoms with Crippen LogP contribution in [0.1, 0.15) is 45.5 Å². The zero-order valence-electron chi connectivity index (χ0n) is 12.3. The van der Waals surface area contributed by atoms with Gasteiger partial charge in [0, 0.05) is 16.1 Å². The number of anilines is 1. The van der Waals surface area contributed by atoms with Crippen LogP contribution in [0.25, 0.3) is 0 Å². The van der Waals surface area contributed by atoms with Crippen LogP contribution in [0, 0.1) is 20.8 Å². The van der Waals surface area contributed by atoms with Crippen molar-refractivity contribution in [2.24, 2.45) is 0 Å². The van der Waals surface area contributed by atoms with Crippen molar-refractivity contribution in [2.75, 3.05) is 5.32 Å². The van der Waals surface area contributed by atoms with Crippen LogP contribution in [-0.2, 0) is 19.4 Å². The monoisotopic (exact) mass is 288 g/mol. The highest BCUT2D eigenvalue weighted by atomic mass is 32.1.